The van der Waals surface area contributed by atoms with Crippen molar-refractivity contribution in [2.45, 2.75) is 38.3 Å². The third-order valence-corrected chi connectivity index (χ3v) is 3.70. The van der Waals surface area contributed by atoms with E-state index >= 15 is 0 Å². The molecule has 0 spiro atoms. The van der Waals surface area contributed by atoms with Gasteiger partial charge in [-0.1, -0.05) is 13.3 Å². The van der Waals surface area contributed by atoms with Gasteiger partial charge in [0.2, 0.25) is 0 Å². The van der Waals surface area contributed by atoms with E-state index in [0.29, 0.717) is 13.0 Å². The first-order chi connectivity index (χ1) is 9.69. The number of hydrogen-bond acceptors (Lipinski definition) is 5. The first-order valence-corrected chi connectivity index (χ1v) is 8.72. The maximum absolute atomic E-state index is 11.8. The third-order valence-electron chi connectivity index (χ3n) is 2.72. The van der Waals surface area contributed by atoms with Gasteiger partial charge < -0.3 is 20.5 Å². The fourth-order valence-corrected chi connectivity index (χ4v) is 2.39. The largest absolute Gasteiger partial charge is 0.480 e. The number of carboxylic acids is 1. The van der Waals surface area contributed by atoms with E-state index in [1.807, 2.05) is 6.92 Å². The first kappa shape index (κ1) is 19.7. The van der Waals surface area contributed by atoms with Crippen LogP contribution in [0, 0.1) is 0 Å². The highest BCUT2D eigenvalue weighted by Gasteiger charge is 2.22. The molecule has 0 saturated heterocycles. The molecule has 0 rings (SSSR count). The number of nitrogens with one attached hydrogen (secondary N) is 2. The SMILES string of the molecule is CCCC(COC)NC(=O)NC(CCS(C)(=O)=O)C(=O)O. The molecular weight excluding hydrogens is 300 g/mol. The van der Waals surface area contributed by atoms with Crippen LogP contribution in [0.5, 0.6) is 0 Å². The Hall–Kier alpha value is -1.35. The minimum Gasteiger partial charge on any atom is -0.480 e. The minimum absolute atomic E-state index is 0.176. The lowest BCUT2D eigenvalue weighted by molar-refractivity contribution is -0.139. The number of rotatable bonds is 10. The van der Waals surface area contributed by atoms with Crippen molar-refractivity contribution in [3.8, 4) is 0 Å². The molecular formula is C12H24N2O6S. The second kappa shape index (κ2) is 9.56. The molecule has 2 unspecified atom stereocenters. The molecule has 0 aliphatic carbocycles. The van der Waals surface area contributed by atoms with Crippen molar-refractivity contribution < 1.29 is 27.9 Å². The second-order valence-corrected chi connectivity index (χ2v) is 7.13. The Kier molecular flexibility index (Phi) is 8.95. The van der Waals surface area contributed by atoms with Crippen molar-refractivity contribution in [2.24, 2.45) is 0 Å². The second-order valence-electron chi connectivity index (χ2n) is 4.87. The summed E-state index contributed by atoms with van der Waals surface area (Å²) in [5.41, 5.74) is 0. The van der Waals surface area contributed by atoms with Gasteiger partial charge in [-0.05, 0) is 12.8 Å². The average Bonchev–Trinajstić information content (AvgIpc) is 2.33. The van der Waals surface area contributed by atoms with Crippen molar-refractivity contribution in [3.63, 3.8) is 0 Å². The summed E-state index contributed by atoms with van der Waals surface area (Å²) in [6, 6.07) is -2.11. The molecule has 2 amide bonds. The highest BCUT2D eigenvalue weighted by Crippen LogP contribution is 2.00. The normalized spacial score (nSPS) is 14.2. The number of urea groups is 1. The lowest BCUT2D eigenvalue weighted by Gasteiger charge is -2.20. The van der Waals surface area contributed by atoms with Gasteiger partial charge in [0.05, 0.1) is 18.4 Å². The summed E-state index contributed by atoms with van der Waals surface area (Å²) >= 11 is 0. The van der Waals surface area contributed by atoms with Gasteiger partial charge in [0.25, 0.3) is 0 Å². The molecule has 8 nitrogen and oxygen atoms in total. The van der Waals surface area contributed by atoms with Crippen LogP contribution < -0.4 is 10.6 Å². The monoisotopic (exact) mass is 324 g/mol. The molecule has 0 fully saturated rings. The Balaban J connectivity index is 4.49. The Labute approximate surface area is 125 Å². The summed E-state index contributed by atoms with van der Waals surface area (Å²) in [4.78, 5) is 22.8. The van der Waals surface area contributed by atoms with Crippen LogP contribution in [-0.4, -0.2) is 63.3 Å². The quantitative estimate of drug-likeness (QED) is 0.519. The summed E-state index contributed by atoms with van der Waals surface area (Å²) in [7, 11) is -1.78. The molecule has 3 N–H and O–H groups in total. The molecule has 0 aliphatic heterocycles. The summed E-state index contributed by atoms with van der Waals surface area (Å²) in [6.07, 6.45) is 2.37. The number of carbonyl (C=O) groups is 2. The van der Waals surface area contributed by atoms with E-state index in [2.05, 4.69) is 10.6 Å². The topological polar surface area (TPSA) is 122 Å². The van der Waals surface area contributed by atoms with Crippen LogP contribution >= 0.6 is 0 Å². The minimum atomic E-state index is -3.28. The van der Waals surface area contributed by atoms with Crippen molar-refractivity contribution in [1.82, 2.24) is 10.6 Å². The van der Waals surface area contributed by atoms with Gasteiger partial charge in [0, 0.05) is 13.4 Å². The standard InChI is InChI=1S/C12H24N2O6S/c1-4-5-9(8-20-2)13-12(17)14-10(11(15)16)6-7-21(3,18)19/h9-10H,4-8H2,1-3H3,(H,15,16)(H2,13,14,17). The molecule has 0 aromatic carbocycles. The number of carboxylic acid groups (broad SMARTS) is 1. The molecule has 0 aromatic heterocycles. The van der Waals surface area contributed by atoms with Gasteiger partial charge in [-0.25, -0.2) is 18.0 Å². The maximum Gasteiger partial charge on any atom is 0.326 e. The van der Waals surface area contributed by atoms with Gasteiger partial charge in [-0.2, -0.15) is 0 Å². The summed E-state index contributed by atoms with van der Waals surface area (Å²) < 4.78 is 27.1. The van der Waals surface area contributed by atoms with Gasteiger partial charge in [-0.3, -0.25) is 0 Å². The highest BCUT2D eigenvalue weighted by atomic mass is 32.2. The molecule has 0 radical (unpaired) electrons. The Morgan fingerprint density at radius 1 is 1.24 bits per heavy atom. The molecule has 0 heterocycles. The van der Waals surface area contributed by atoms with Gasteiger partial charge in [0.15, 0.2) is 0 Å². The van der Waals surface area contributed by atoms with E-state index in [0.717, 1.165) is 12.7 Å². The lowest BCUT2D eigenvalue weighted by atomic mass is 10.2. The van der Waals surface area contributed by atoms with E-state index in [1.54, 1.807) is 0 Å². The number of hydrogen-bond donors (Lipinski definition) is 3. The Bertz CT molecular complexity index is 431. The van der Waals surface area contributed by atoms with Crippen molar-refractivity contribution in [1.29, 1.82) is 0 Å². The molecule has 2 atom stereocenters. The van der Waals surface area contributed by atoms with Gasteiger partial charge in [0.1, 0.15) is 15.9 Å². The lowest BCUT2D eigenvalue weighted by Crippen LogP contribution is -2.50. The van der Waals surface area contributed by atoms with Crippen LogP contribution in [0.1, 0.15) is 26.2 Å². The molecule has 0 saturated carbocycles. The number of sulfone groups is 1. The van der Waals surface area contributed by atoms with E-state index in [9.17, 15) is 18.0 Å². The van der Waals surface area contributed by atoms with Gasteiger partial charge >= 0.3 is 12.0 Å². The van der Waals surface area contributed by atoms with E-state index < -0.39 is 27.9 Å². The summed E-state index contributed by atoms with van der Waals surface area (Å²) in [6.45, 7) is 2.27. The highest BCUT2D eigenvalue weighted by molar-refractivity contribution is 7.90. The van der Waals surface area contributed by atoms with Crippen molar-refractivity contribution >= 4 is 21.8 Å². The Morgan fingerprint density at radius 3 is 2.29 bits per heavy atom. The fourth-order valence-electron chi connectivity index (χ4n) is 1.72. The smallest absolute Gasteiger partial charge is 0.326 e. The molecule has 0 bridgehead atoms. The predicted molar refractivity (Wildman–Crippen MR) is 78.0 cm³/mol. The Morgan fingerprint density at radius 2 is 1.86 bits per heavy atom. The van der Waals surface area contributed by atoms with Crippen molar-refractivity contribution in [2.75, 3.05) is 25.7 Å². The van der Waals surface area contributed by atoms with Crippen LogP contribution in [0.2, 0.25) is 0 Å². The zero-order valence-electron chi connectivity index (χ0n) is 12.6. The molecule has 9 heteroatoms. The number of carbonyl (C=O) groups excluding carboxylic acids is 1. The van der Waals surface area contributed by atoms with Crippen LogP contribution in [0.3, 0.4) is 0 Å². The molecule has 0 aliphatic rings. The summed E-state index contributed by atoms with van der Waals surface area (Å²) in [5.74, 6) is -1.58. The maximum atomic E-state index is 11.8. The van der Waals surface area contributed by atoms with Crippen LogP contribution in [0.25, 0.3) is 0 Å². The zero-order valence-corrected chi connectivity index (χ0v) is 13.4. The molecule has 0 aromatic rings. The number of amides is 2. The summed E-state index contributed by atoms with van der Waals surface area (Å²) in [5, 5.41) is 13.9. The van der Waals surface area contributed by atoms with Crippen LogP contribution in [0.4, 0.5) is 4.79 Å². The van der Waals surface area contributed by atoms with E-state index in [4.69, 9.17) is 9.84 Å². The van der Waals surface area contributed by atoms with E-state index in [-0.39, 0.29) is 18.2 Å². The number of aliphatic carboxylic acids is 1. The third kappa shape index (κ3) is 10.1. The van der Waals surface area contributed by atoms with Crippen molar-refractivity contribution in [3.05, 3.63) is 0 Å². The average molecular weight is 324 g/mol. The van der Waals surface area contributed by atoms with Gasteiger partial charge in [-0.15, -0.1) is 0 Å². The molecule has 124 valence electrons. The number of ether oxygens (including phenoxy) is 1. The van der Waals surface area contributed by atoms with E-state index in [1.165, 1.54) is 7.11 Å². The first-order valence-electron chi connectivity index (χ1n) is 6.66. The fraction of sp³-hybridized carbons (Fsp3) is 0.833. The van der Waals surface area contributed by atoms with Crippen LogP contribution in [-0.2, 0) is 19.4 Å². The van der Waals surface area contributed by atoms with Crippen LogP contribution in [0.15, 0.2) is 0 Å². The zero-order chi connectivity index (χ0) is 16.5. The number of methoxy groups -OCH3 is 1. The molecule has 21 heavy (non-hydrogen) atoms. The predicted octanol–water partition coefficient (Wildman–Crippen LogP) is -0.0114.